The largest absolute Gasteiger partial charge is 0.480 e. The Bertz CT molecular complexity index is 1670. The van der Waals surface area contributed by atoms with Gasteiger partial charge in [-0.2, -0.15) is 0 Å². The van der Waals surface area contributed by atoms with Gasteiger partial charge in [0.1, 0.15) is 12.2 Å². The molecule has 2 aromatic heterocycles. The lowest BCUT2D eigenvalue weighted by Gasteiger charge is -2.36. The molecule has 0 aliphatic carbocycles. The molecule has 2 amide bonds. The van der Waals surface area contributed by atoms with Crippen molar-refractivity contribution >= 4 is 46.4 Å². The maximum absolute atomic E-state index is 14.4. The number of aromatic nitrogens is 4. The second-order valence-corrected chi connectivity index (χ2v) is 10.3. The smallest absolute Gasteiger partial charge is 0.280 e. The molecule has 2 aliphatic rings. The molecule has 0 radical (unpaired) electrons. The number of carbonyl (C=O) groups is 2. The lowest BCUT2D eigenvalue weighted by molar-refractivity contribution is -0.119. The van der Waals surface area contributed by atoms with Crippen molar-refractivity contribution < 1.29 is 14.3 Å². The summed E-state index contributed by atoms with van der Waals surface area (Å²) >= 11 is 12.7. The zero-order chi connectivity index (χ0) is 26.9. The Morgan fingerprint density at radius 3 is 2.55 bits per heavy atom. The van der Waals surface area contributed by atoms with E-state index >= 15 is 0 Å². The summed E-state index contributed by atoms with van der Waals surface area (Å²) in [5, 5.41) is 3.86. The Morgan fingerprint density at radius 2 is 1.82 bits per heavy atom. The van der Waals surface area contributed by atoms with Gasteiger partial charge in [0.05, 0.1) is 24.1 Å². The highest BCUT2D eigenvalue weighted by Crippen LogP contribution is 2.55. The van der Waals surface area contributed by atoms with Gasteiger partial charge in [-0.15, -0.1) is 0 Å². The van der Waals surface area contributed by atoms with Gasteiger partial charge in [0.2, 0.25) is 5.88 Å². The van der Waals surface area contributed by atoms with Crippen molar-refractivity contribution in [1.29, 1.82) is 0 Å². The summed E-state index contributed by atoms with van der Waals surface area (Å²) in [5.41, 5.74) is 1.91. The van der Waals surface area contributed by atoms with Gasteiger partial charge in [0.15, 0.2) is 11.2 Å². The first kappa shape index (κ1) is 24.4. The fourth-order valence-corrected chi connectivity index (χ4v) is 5.80. The molecule has 11 heteroatoms. The minimum absolute atomic E-state index is 0.150. The minimum atomic E-state index is -1.57. The second-order valence-electron chi connectivity index (χ2n) is 9.47. The quantitative estimate of drug-likeness (QED) is 0.366. The van der Waals surface area contributed by atoms with Gasteiger partial charge in [-0.3, -0.25) is 14.5 Å². The molecule has 2 aliphatic heterocycles. The summed E-state index contributed by atoms with van der Waals surface area (Å²) in [5.74, 6) is -0.101. The van der Waals surface area contributed by atoms with Crippen LogP contribution in [0.5, 0.6) is 5.88 Å². The Labute approximate surface area is 228 Å². The molecule has 38 heavy (non-hydrogen) atoms. The van der Waals surface area contributed by atoms with Crippen molar-refractivity contribution in [1.82, 2.24) is 19.5 Å². The Hall–Kier alpha value is -3.95. The molecular weight excluding hydrogens is 527 g/mol. The number of aryl methyl sites for hydroxylation is 1. The van der Waals surface area contributed by atoms with E-state index in [4.69, 9.17) is 32.9 Å². The maximum atomic E-state index is 14.4. The predicted octanol–water partition coefficient (Wildman–Crippen LogP) is 5.40. The van der Waals surface area contributed by atoms with Crippen LogP contribution in [0.4, 0.5) is 11.4 Å². The first-order chi connectivity index (χ1) is 18.2. The van der Waals surface area contributed by atoms with Crippen LogP contribution in [-0.4, -0.2) is 38.4 Å². The number of carbonyl (C=O) groups excluding carboxylic acids is 2. The second kappa shape index (κ2) is 8.54. The van der Waals surface area contributed by atoms with Gasteiger partial charge in [-0.05, 0) is 50.6 Å². The number of rotatable bonds is 4. The monoisotopic (exact) mass is 548 g/mol. The molecule has 0 saturated heterocycles. The van der Waals surface area contributed by atoms with E-state index in [1.54, 1.807) is 36.5 Å². The molecule has 4 heterocycles. The molecule has 1 spiro atoms. The van der Waals surface area contributed by atoms with Crippen LogP contribution in [0.25, 0.3) is 11.4 Å². The predicted molar refractivity (Wildman–Crippen MR) is 144 cm³/mol. The minimum Gasteiger partial charge on any atom is -0.480 e. The summed E-state index contributed by atoms with van der Waals surface area (Å²) in [6, 6.07) is 10.2. The molecule has 6 rings (SSSR count). The van der Waals surface area contributed by atoms with E-state index in [1.807, 2.05) is 31.4 Å². The Morgan fingerprint density at radius 1 is 1.08 bits per heavy atom. The van der Waals surface area contributed by atoms with Crippen LogP contribution < -0.4 is 15.0 Å². The summed E-state index contributed by atoms with van der Waals surface area (Å²) in [6.07, 6.45) is 2.96. The van der Waals surface area contributed by atoms with Crippen LogP contribution in [-0.2, 0) is 10.3 Å². The number of amides is 2. The summed E-state index contributed by atoms with van der Waals surface area (Å²) in [6.45, 7) is 5.79. The Balaban J connectivity index is 1.75. The number of nitrogens with one attached hydrogen (secondary N) is 1. The topological polar surface area (TPSA) is 102 Å². The van der Waals surface area contributed by atoms with Crippen LogP contribution in [0.1, 0.15) is 47.2 Å². The van der Waals surface area contributed by atoms with Crippen molar-refractivity contribution in [3.8, 4) is 17.3 Å². The number of hydrogen-bond donors (Lipinski definition) is 1. The summed E-state index contributed by atoms with van der Waals surface area (Å²) < 4.78 is 7.37. The molecule has 1 N–H and O–H groups in total. The van der Waals surface area contributed by atoms with Crippen molar-refractivity contribution in [2.75, 3.05) is 17.3 Å². The van der Waals surface area contributed by atoms with Gasteiger partial charge in [0.25, 0.3) is 11.8 Å². The molecule has 1 atom stereocenters. The number of halogens is 2. The van der Waals surface area contributed by atoms with E-state index in [0.717, 1.165) is 5.56 Å². The maximum Gasteiger partial charge on any atom is 0.280 e. The number of ether oxygens (including phenoxy) is 1. The van der Waals surface area contributed by atoms with Gasteiger partial charge >= 0.3 is 0 Å². The van der Waals surface area contributed by atoms with Crippen LogP contribution in [0.2, 0.25) is 10.0 Å². The highest BCUT2D eigenvalue weighted by molar-refractivity contribution is 6.32. The fourth-order valence-electron chi connectivity index (χ4n) is 5.46. The van der Waals surface area contributed by atoms with Crippen LogP contribution in [0, 0.1) is 6.92 Å². The van der Waals surface area contributed by atoms with Gasteiger partial charge in [-0.1, -0.05) is 35.3 Å². The average Bonchev–Trinajstić information content (AvgIpc) is 3.49. The summed E-state index contributed by atoms with van der Waals surface area (Å²) in [7, 11) is 1.50. The third-order valence-corrected chi connectivity index (χ3v) is 7.45. The number of methoxy groups -OCH3 is 1. The first-order valence-electron chi connectivity index (χ1n) is 11.9. The van der Waals surface area contributed by atoms with Crippen LogP contribution in [0.3, 0.4) is 0 Å². The normalized spacial score (nSPS) is 17.8. The van der Waals surface area contributed by atoms with Crippen LogP contribution in [0.15, 0.2) is 48.9 Å². The molecule has 0 saturated carbocycles. The molecular formula is C27H22Cl2N6O3. The van der Waals surface area contributed by atoms with E-state index in [1.165, 1.54) is 18.3 Å². The number of imidazole rings is 1. The molecule has 192 valence electrons. The summed E-state index contributed by atoms with van der Waals surface area (Å²) in [4.78, 5) is 43.3. The first-order valence-corrected chi connectivity index (χ1v) is 12.6. The average molecular weight is 549 g/mol. The van der Waals surface area contributed by atoms with Crippen molar-refractivity contribution in [2.24, 2.45) is 0 Å². The van der Waals surface area contributed by atoms with Crippen LogP contribution >= 0.6 is 23.2 Å². The zero-order valence-corrected chi connectivity index (χ0v) is 22.4. The number of nitrogens with zero attached hydrogens (tertiary/aromatic N) is 5. The van der Waals surface area contributed by atoms with E-state index in [2.05, 4.69) is 15.3 Å². The highest BCUT2D eigenvalue weighted by atomic mass is 35.5. The van der Waals surface area contributed by atoms with Crippen molar-refractivity contribution in [3.63, 3.8) is 0 Å². The fraction of sp³-hybridized carbons (Fsp3) is 0.222. The molecule has 4 aromatic rings. The van der Waals surface area contributed by atoms with E-state index < -0.39 is 17.4 Å². The zero-order valence-electron chi connectivity index (χ0n) is 20.9. The van der Waals surface area contributed by atoms with E-state index in [0.29, 0.717) is 49.9 Å². The third kappa shape index (κ3) is 3.15. The number of anilines is 2. The van der Waals surface area contributed by atoms with Gasteiger partial charge < -0.3 is 14.6 Å². The van der Waals surface area contributed by atoms with Crippen molar-refractivity contribution in [3.05, 3.63) is 81.5 Å². The van der Waals surface area contributed by atoms with E-state index in [-0.39, 0.29) is 11.7 Å². The molecule has 1 unspecified atom stereocenters. The standard InChI is InChI=1S/C27H22Cl2N6O3/c1-13(2)34-22-21(33-23(34)17-11-30-12-31-24(17)38-4)25(36)35(20-10-16(29)6-5-14(20)3)27(22)18-8-7-15(28)9-19(18)32-26(27)37/h5-13H,1-4H3,(H,32,37). The molecule has 9 nitrogen and oxygen atoms in total. The number of fused-ring (bicyclic) bond motifs is 4. The third-order valence-electron chi connectivity index (χ3n) is 6.98. The lowest BCUT2D eigenvalue weighted by atomic mass is 9.86. The molecule has 0 fully saturated rings. The van der Waals surface area contributed by atoms with Gasteiger partial charge in [-0.25, -0.2) is 15.0 Å². The van der Waals surface area contributed by atoms with Gasteiger partial charge in [0, 0.05) is 33.5 Å². The SMILES string of the molecule is COc1ncncc1-c1nc2c(n1C(C)C)C1(C(=O)Nc3cc(Cl)ccc31)N(c1cc(Cl)ccc1C)C2=O. The lowest BCUT2D eigenvalue weighted by Crippen LogP contribution is -2.51. The molecule has 0 bridgehead atoms. The van der Waals surface area contributed by atoms with E-state index in [9.17, 15) is 9.59 Å². The number of hydrogen-bond acceptors (Lipinski definition) is 6. The molecule has 2 aromatic carbocycles. The Kier molecular flexibility index (Phi) is 5.48. The highest BCUT2D eigenvalue weighted by Gasteiger charge is 2.64. The number of benzene rings is 2. The van der Waals surface area contributed by atoms with Crippen molar-refractivity contribution in [2.45, 2.75) is 32.4 Å².